The SMILES string of the molecule is CN(C(=O)C1CCCC1)C(CCO)c1ccccc1. The monoisotopic (exact) mass is 261 g/mol. The second kappa shape index (κ2) is 6.71. The van der Waals surface area contributed by atoms with Gasteiger partial charge in [0.15, 0.2) is 0 Å². The van der Waals surface area contributed by atoms with E-state index in [0.717, 1.165) is 18.4 Å². The Kier molecular flexibility index (Phi) is 4.97. The van der Waals surface area contributed by atoms with E-state index in [1.165, 1.54) is 12.8 Å². The molecule has 0 aliphatic heterocycles. The molecule has 0 bridgehead atoms. The number of amides is 1. The standard InChI is InChI=1S/C16H23NO2/c1-17(16(19)14-9-5-6-10-14)15(11-12-18)13-7-3-2-4-8-13/h2-4,7-8,14-15,18H,5-6,9-12H2,1H3. The number of rotatable bonds is 5. The van der Waals surface area contributed by atoms with Crippen molar-refractivity contribution in [1.29, 1.82) is 0 Å². The Morgan fingerprint density at radius 1 is 1.32 bits per heavy atom. The van der Waals surface area contributed by atoms with E-state index in [1.807, 2.05) is 42.3 Å². The molecular weight excluding hydrogens is 238 g/mol. The molecule has 1 aliphatic rings. The van der Waals surface area contributed by atoms with Crippen LogP contribution in [0.5, 0.6) is 0 Å². The Morgan fingerprint density at radius 3 is 2.53 bits per heavy atom. The molecule has 104 valence electrons. The van der Waals surface area contributed by atoms with Gasteiger partial charge in [0.1, 0.15) is 0 Å². The number of nitrogens with zero attached hydrogens (tertiary/aromatic N) is 1. The molecule has 0 radical (unpaired) electrons. The lowest BCUT2D eigenvalue weighted by molar-refractivity contribution is -0.136. The molecule has 19 heavy (non-hydrogen) atoms. The highest BCUT2D eigenvalue weighted by Crippen LogP contribution is 2.30. The van der Waals surface area contributed by atoms with Gasteiger partial charge in [-0.25, -0.2) is 0 Å². The van der Waals surface area contributed by atoms with Crippen molar-refractivity contribution in [2.75, 3.05) is 13.7 Å². The van der Waals surface area contributed by atoms with Gasteiger partial charge in [-0.1, -0.05) is 43.2 Å². The molecule has 0 saturated heterocycles. The van der Waals surface area contributed by atoms with Crippen LogP contribution in [0.4, 0.5) is 0 Å². The van der Waals surface area contributed by atoms with E-state index in [-0.39, 0.29) is 24.5 Å². The van der Waals surface area contributed by atoms with Crippen molar-refractivity contribution in [3.05, 3.63) is 35.9 Å². The van der Waals surface area contributed by atoms with Gasteiger partial charge in [-0.15, -0.1) is 0 Å². The first-order valence-corrected chi connectivity index (χ1v) is 7.16. The maximum Gasteiger partial charge on any atom is 0.225 e. The lowest BCUT2D eigenvalue weighted by Gasteiger charge is -2.30. The number of carbonyl (C=O) groups excluding carboxylic acids is 1. The van der Waals surface area contributed by atoms with E-state index in [9.17, 15) is 9.90 Å². The third-order valence-electron chi connectivity index (χ3n) is 4.11. The third kappa shape index (κ3) is 3.35. The molecule has 2 rings (SSSR count). The summed E-state index contributed by atoms with van der Waals surface area (Å²) in [6.07, 6.45) is 4.97. The number of aliphatic hydroxyl groups excluding tert-OH is 1. The number of benzene rings is 1. The van der Waals surface area contributed by atoms with Crippen LogP contribution in [0.3, 0.4) is 0 Å². The lowest BCUT2D eigenvalue weighted by atomic mass is 10.00. The van der Waals surface area contributed by atoms with Crippen LogP contribution in [0.1, 0.15) is 43.7 Å². The minimum Gasteiger partial charge on any atom is -0.396 e. The zero-order valence-electron chi connectivity index (χ0n) is 11.6. The number of carbonyl (C=O) groups is 1. The minimum absolute atomic E-state index is 0.0145. The van der Waals surface area contributed by atoms with E-state index < -0.39 is 0 Å². The van der Waals surface area contributed by atoms with E-state index in [2.05, 4.69) is 0 Å². The summed E-state index contributed by atoms with van der Waals surface area (Å²) in [5, 5.41) is 9.26. The fourth-order valence-corrected chi connectivity index (χ4v) is 3.00. The van der Waals surface area contributed by atoms with Gasteiger partial charge in [0.05, 0.1) is 6.04 Å². The summed E-state index contributed by atoms with van der Waals surface area (Å²) in [7, 11) is 1.87. The largest absolute Gasteiger partial charge is 0.396 e. The molecule has 0 aromatic heterocycles. The van der Waals surface area contributed by atoms with Crippen molar-refractivity contribution in [2.45, 2.75) is 38.1 Å². The molecule has 0 spiro atoms. The molecule has 1 fully saturated rings. The quantitative estimate of drug-likeness (QED) is 0.885. The highest BCUT2D eigenvalue weighted by Gasteiger charge is 2.29. The van der Waals surface area contributed by atoms with Crippen LogP contribution in [-0.4, -0.2) is 29.6 Å². The van der Waals surface area contributed by atoms with Crippen molar-refractivity contribution in [3.8, 4) is 0 Å². The Hall–Kier alpha value is -1.35. The van der Waals surface area contributed by atoms with Crippen LogP contribution < -0.4 is 0 Å². The highest BCUT2D eigenvalue weighted by molar-refractivity contribution is 5.79. The van der Waals surface area contributed by atoms with Gasteiger partial charge in [-0.05, 0) is 24.8 Å². The number of hydrogen-bond donors (Lipinski definition) is 1. The maximum atomic E-state index is 12.5. The molecule has 3 nitrogen and oxygen atoms in total. The van der Waals surface area contributed by atoms with Crippen LogP contribution in [0.25, 0.3) is 0 Å². The first-order chi connectivity index (χ1) is 9.24. The normalized spacial score (nSPS) is 17.4. The minimum atomic E-state index is -0.0145. The Balaban J connectivity index is 2.11. The molecule has 1 N–H and O–H groups in total. The first-order valence-electron chi connectivity index (χ1n) is 7.16. The molecule has 1 amide bonds. The van der Waals surface area contributed by atoms with Crippen LogP contribution in [0.15, 0.2) is 30.3 Å². The van der Waals surface area contributed by atoms with Crippen LogP contribution in [0, 0.1) is 5.92 Å². The van der Waals surface area contributed by atoms with E-state index in [0.29, 0.717) is 6.42 Å². The topological polar surface area (TPSA) is 40.5 Å². The summed E-state index contributed by atoms with van der Waals surface area (Å²) in [5.41, 5.74) is 1.10. The molecule has 1 aromatic rings. The van der Waals surface area contributed by atoms with Gasteiger partial charge >= 0.3 is 0 Å². The van der Waals surface area contributed by atoms with Crippen LogP contribution in [-0.2, 0) is 4.79 Å². The number of aliphatic hydroxyl groups is 1. The van der Waals surface area contributed by atoms with E-state index >= 15 is 0 Å². The van der Waals surface area contributed by atoms with Gasteiger partial charge < -0.3 is 10.0 Å². The zero-order valence-corrected chi connectivity index (χ0v) is 11.6. The van der Waals surface area contributed by atoms with Crippen LogP contribution >= 0.6 is 0 Å². The zero-order chi connectivity index (χ0) is 13.7. The Labute approximate surface area is 115 Å². The first kappa shape index (κ1) is 14.1. The Morgan fingerprint density at radius 2 is 1.95 bits per heavy atom. The van der Waals surface area contributed by atoms with E-state index in [1.54, 1.807) is 0 Å². The molecule has 0 heterocycles. The van der Waals surface area contributed by atoms with Crippen molar-refractivity contribution < 1.29 is 9.90 Å². The summed E-state index contributed by atoms with van der Waals surface area (Å²) in [6.45, 7) is 0.0991. The second-order valence-electron chi connectivity index (χ2n) is 5.37. The summed E-state index contributed by atoms with van der Waals surface area (Å²) >= 11 is 0. The van der Waals surface area contributed by atoms with Crippen molar-refractivity contribution >= 4 is 5.91 Å². The predicted molar refractivity (Wildman–Crippen MR) is 75.6 cm³/mol. The molecule has 1 aromatic carbocycles. The lowest BCUT2D eigenvalue weighted by Crippen LogP contribution is -2.35. The average Bonchev–Trinajstić information content (AvgIpc) is 2.98. The van der Waals surface area contributed by atoms with Crippen molar-refractivity contribution in [2.24, 2.45) is 5.92 Å². The average molecular weight is 261 g/mol. The van der Waals surface area contributed by atoms with Gasteiger partial charge in [0.2, 0.25) is 5.91 Å². The van der Waals surface area contributed by atoms with Gasteiger partial charge in [0, 0.05) is 19.6 Å². The highest BCUT2D eigenvalue weighted by atomic mass is 16.3. The smallest absolute Gasteiger partial charge is 0.225 e. The summed E-state index contributed by atoms with van der Waals surface area (Å²) in [5.74, 6) is 0.426. The molecule has 1 atom stereocenters. The number of hydrogen-bond acceptors (Lipinski definition) is 2. The predicted octanol–water partition coefficient (Wildman–Crippen LogP) is 2.76. The van der Waals surface area contributed by atoms with Gasteiger partial charge in [-0.2, -0.15) is 0 Å². The van der Waals surface area contributed by atoms with Crippen molar-refractivity contribution in [3.63, 3.8) is 0 Å². The third-order valence-corrected chi connectivity index (χ3v) is 4.11. The van der Waals surface area contributed by atoms with Crippen molar-refractivity contribution in [1.82, 2.24) is 4.90 Å². The molecule has 3 heteroatoms. The molecule has 1 saturated carbocycles. The van der Waals surface area contributed by atoms with E-state index in [4.69, 9.17) is 0 Å². The molecule has 1 aliphatic carbocycles. The fraction of sp³-hybridized carbons (Fsp3) is 0.562. The summed E-state index contributed by atoms with van der Waals surface area (Å²) in [6, 6.07) is 9.97. The maximum absolute atomic E-state index is 12.5. The summed E-state index contributed by atoms with van der Waals surface area (Å²) in [4.78, 5) is 14.3. The fourth-order valence-electron chi connectivity index (χ4n) is 3.00. The van der Waals surface area contributed by atoms with Gasteiger partial charge in [-0.3, -0.25) is 4.79 Å². The summed E-state index contributed by atoms with van der Waals surface area (Å²) < 4.78 is 0. The Bertz CT molecular complexity index is 398. The molecular formula is C16H23NO2. The second-order valence-corrected chi connectivity index (χ2v) is 5.37. The van der Waals surface area contributed by atoms with Crippen LogP contribution in [0.2, 0.25) is 0 Å². The van der Waals surface area contributed by atoms with Gasteiger partial charge in [0.25, 0.3) is 0 Å². The molecule has 1 unspecified atom stereocenters.